The van der Waals surface area contributed by atoms with Gasteiger partial charge in [-0.05, 0) is 47.9 Å². The van der Waals surface area contributed by atoms with E-state index in [1.807, 2.05) is 30.3 Å². The molecule has 5 heteroatoms. The molecule has 0 radical (unpaired) electrons. The van der Waals surface area contributed by atoms with Gasteiger partial charge < -0.3 is 10.6 Å². The second-order valence-electron chi connectivity index (χ2n) is 4.67. The van der Waals surface area contributed by atoms with Gasteiger partial charge in [0.2, 0.25) is 0 Å². The van der Waals surface area contributed by atoms with Crippen LogP contribution >= 0.6 is 15.9 Å². The first-order valence-electron chi connectivity index (χ1n) is 6.84. The number of amides is 2. The van der Waals surface area contributed by atoms with Crippen molar-refractivity contribution < 1.29 is 9.18 Å². The Morgan fingerprint density at radius 2 is 1.95 bits per heavy atom. The van der Waals surface area contributed by atoms with E-state index in [-0.39, 0.29) is 11.8 Å². The van der Waals surface area contributed by atoms with Gasteiger partial charge >= 0.3 is 6.03 Å². The smallest absolute Gasteiger partial charge is 0.318 e. The maximum absolute atomic E-state index is 12.8. The maximum atomic E-state index is 12.8. The molecule has 0 bridgehead atoms. The summed E-state index contributed by atoms with van der Waals surface area (Å²) in [4.78, 5) is 11.6. The minimum atomic E-state index is -0.270. The fourth-order valence-corrected chi connectivity index (χ4v) is 2.26. The number of rotatable bonds is 5. The van der Waals surface area contributed by atoms with Gasteiger partial charge in [-0.15, -0.1) is 0 Å². The van der Waals surface area contributed by atoms with Crippen molar-refractivity contribution in [1.29, 1.82) is 0 Å². The van der Waals surface area contributed by atoms with E-state index in [9.17, 15) is 9.18 Å². The highest BCUT2D eigenvalue weighted by molar-refractivity contribution is 9.10. The third kappa shape index (κ3) is 5.69. The van der Waals surface area contributed by atoms with Crippen molar-refractivity contribution in [3.63, 3.8) is 0 Å². The summed E-state index contributed by atoms with van der Waals surface area (Å²) >= 11 is 3.39. The minimum absolute atomic E-state index is 0.257. The van der Waals surface area contributed by atoms with Crippen LogP contribution in [-0.4, -0.2) is 12.6 Å². The number of hydrogen-bond acceptors (Lipinski definition) is 1. The van der Waals surface area contributed by atoms with Crippen LogP contribution < -0.4 is 10.6 Å². The standard InChI is InChI=1S/C17H16BrFN2O/c18-15-3-1-2-14(12-15)9-11-21-17(22)20-10-8-13-4-6-16(19)7-5-13/h1-7,9,11-12H,8,10H2,(H2,20,21,22)/b11-9+. The molecule has 2 rings (SSSR count). The summed E-state index contributed by atoms with van der Waals surface area (Å²) in [5.41, 5.74) is 1.97. The summed E-state index contributed by atoms with van der Waals surface area (Å²) < 4.78 is 13.7. The van der Waals surface area contributed by atoms with E-state index in [1.165, 1.54) is 12.1 Å². The second kappa shape index (κ2) is 8.34. The van der Waals surface area contributed by atoms with E-state index < -0.39 is 0 Å². The lowest BCUT2D eigenvalue weighted by atomic mass is 10.1. The molecule has 0 spiro atoms. The Morgan fingerprint density at radius 1 is 1.18 bits per heavy atom. The molecule has 0 aromatic heterocycles. The van der Waals surface area contributed by atoms with Crippen molar-refractivity contribution >= 4 is 28.0 Å². The van der Waals surface area contributed by atoms with Crippen LogP contribution in [0.25, 0.3) is 6.08 Å². The molecule has 0 atom stereocenters. The SMILES string of the molecule is O=C(N/C=C/c1cccc(Br)c1)NCCc1ccc(F)cc1. The van der Waals surface area contributed by atoms with Crippen LogP contribution in [0.3, 0.4) is 0 Å². The molecule has 0 aliphatic rings. The molecular formula is C17H16BrFN2O. The highest BCUT2D eigenvalue weighted by Crippen LogP contribution is 2.12. The van der Waals surface area contributed by atoms with Gasteiger partial charge in [0.15, 0.2) is 0 Å². The topological polar surface area (TPSA) is 41.1 Å². The molecule has 0 aliphatic heterocycles. The maximum Gasteiger partial charge on any atom is 0.318 e. The van der Waals surface area contributed by atoms with Crippen LogP contribution in [0.2, 0.25) is 0 Å². The Balaban J connectivity index is 1.70. The highest BCUT2D eigenvalue weighted by Gasteiger charge is 1.98. The molecule has 2 N–H and O–H groups in total. The predicted molar refractivity (Wildman–Crippen MR) is 89.8 cm³/mol. The third-order valence-electron chi connectivity index (χ3n) is 2.95. The van der Waals surface area contributed by atoms with E-state index in [4.69, 9.17) is 0 Å². The first-order valence-corrected chi connectivity index (χ1v) is 7.64. The monoisotopic (exact) mass is 362 g/mol. The summed E-state index contributed by atoms with van der Waals surface area (Å²) in [5, 5.41) is 5.38. The average molecular weight is 363 g/mol. The first kappa shape index (κ1) is 16.2. The van der Waals surface area contributed by atoms with Crippen molar-refractivity contribution in [3.8, 4) is 0 Å². The molecule has 0 unspecified atom stereocenters. The first-order chi connectivity index (χ1) is 10.6. The molecule has 0 aliphatic carbocycles. The Morgan fingerprint density at radius 3 is 2.68 bits per heavy atom. The summed E-state index contributed by atoms with van der Waals surface area (Å²) in [6, 6.07) is 13.7. The number of halogens is 2. The van der Waals surface area contributed by atoms with Crippen LogP contribution in [0.15, 0.2) is 59.2 Å². The van der Waals surface area contributed by atoms with Gasteiger partial charge in [0.25, 0.3) is 0 Å². The number of hydrogen-bond donors (Lipinski definition) is 2. The zero-order valence-electron chi connectivity index (χ0n) is 11.9. The van der Waals surface area contributed by atoms with Crippen molar-refractivity contribution in [3.05, 3.63) is 76.1 Å². The lowest BCUT2D eigenvalue weighted by Gasteiger charge is -2.05. The summed E-state index contributed by atoms with van der Waals surface area (Å²) in [6.45, 7) is 0.488. The number of nitrogens with one attached hydrogen (secondary N) is 2. The Kier molecular flexibility index (Phi) is 6.15. The third-order valence-corrected chi connectivity index (χ3v) is 3.44. The van der Waals surface area contributed by atoms with Crippen LogP contribution in [0, 0.1) is 5.82 Å². The van der Waals surface area contributed by atoms with Gasteiger partial charge in [-0.2, -0.15) is 0 Å². The molecule has 22 heavy (non-hydrogen) atoms. The van der Waals surface area contributed by atoms with Crippen molar-refractivity contribution in [2.45, 2.75) is 6.42 Å². The van der Waals surface area contributed by atoms with Gasteiger partial charge in [-0.3, -0.25) is 0 Å². The molecule has 2 aromatic carbocycles. The Bertz CT molecular complexity index is 656. The molecule has 0 fully saturated rings. The predicted octanol–water partition coefficient (Wildman–Crippen LogP) is 4.10. The summed E-state index contributed by atoms with van der Waals surface area (Å²) in [7, 11) is 0. The normalized spacial score (nSPS) is 10.6. The van der Waals surface area contributed by atoms with E-state index >= 15 is 0 Å². The Hall–Kier alpha value is -2.14. The van der Waals surface area contributed by atoms with Gasteiger partial charge in [-0.25, -0.2) is 9.18 Å². The molecule has 0 saturated heterocycles. The van der Waals surface area contributed by atoms with E-state index in [2.05, 4.69) is 26.6 Å². The van der Waals surface area contributed by atoms with Crippen LogP contribution in [-0.2, 0) is 6.42 Å². The van der Waals surface area contributed by atoms with Crippen molar-refractivity contribution in [2.24, 2.45) is 0 Å². The fourth-order valence-electron chi connectivity index (χ4n) is 1.85. The quantitative estimate of drug-likeness (QED) is 0.825. The van der Waals surface area contributed by atoms with Gasteiger partial charge in [0, 0.05) is 17.2 Å². The molecule has 0 heterocycles. The minimum Gasteiger partial charge on any atom is -0.338 e. The van der Waals surface area contributed by atoms with Crippen molar-refractivity contribution in [2.75, 3.05) is 6.54 Å². The molecule has 2 aromatic rings. The van der Waals surface area contributed by atoms with E-state index in [0.717, 1.165) is 15.6 Å². The number of urea groups is 1. The van der Waals surface area contributed by atoms with Crippen molar-refractivity contribution in [1.82, 2.24) is 10.6 Å². The number of benzene rings is 2. The molecule has 3 nitrogen and oxygen atoms in total. The average Bonchev–Trinajstić information content (AvgIpc) is 2.49. The fraction of sp³-hybridized carbons (Fsp3) is 0.118. The highest BCUT2D eigenvalue weighted by atomic mass is 79.9. The second-order valence-corrected chi connectivity index (χ2v) is 5.58. The molecule has 2 amide bonds. The Labute approximate surface area is 137 Å². The summed E-state index contributed by atoms with van der Waals surface area (Å²) in [5.74, 6) is -0.257. The largest absolute Gasteiger partial charge is 0.338 e. The zero-order chi connectivity index (χ0) is 15.8. The van der Waals surface area contributed by atoms with E-state index in [0.29, 0.717) is 13.0 Å². The van der Waals surface area contributed by atoms with Crippen LogP contribution in [0.5, 0.6) is 0 Å². The lowest BCUT2D eigenvalue weighted by molar-refractivity contribution is 0.244. The zero-order valence-corrected chi connectivity index (χ0v) is 13.4. The van der Waals surface area contributed by atoms with Crippen LogP contribution in [0.4, 0.5) is 9.18 Å². The van der Waals surface area contributed by atoms with Gasteiger partial charge in [-0.1, -0.05) is 40.2 Å². The number of carbonyl (C=O) groups is 1. The van der Waals surface area contributed by atoms with Gasteiger partial charge in [0.1, 0.15) is 5.82 Å². The van der Waals surface area contributed by atoms with Gasteiger partial charge in [0.05, 0.1) is 0 Å². The van der Waals surface area contributed by atoms with E-state index in [1.54, 1.807) is 18.3 Å². The summed E-state index contributed by atoms with van der Waals surface area (Å²) in [6.07, 6.45) is 4.06. The number of carbonyl (C=O) groups excluding carboxylic acids is 1. The lowest BCUT2D eigenvalue weighted by Crippen LogP contribution is -2.33. The molecule has 0 saturated carbocycles. The molecule has 114 valence electrons. The van der Waals surface area contributed by atoms with Crippen LogP contribution in [0.1, 0.15) is 11.1 Å². The molecular weight excluding hydrogens is 347 g/mol.